The summed E-state index contributed by atoms with van der Waals surface area (Å²) in [6.45, 7) is -0.567. The second-order valence-electron chi connectivity index (χ2n) is 4.69. The maximum atomic E-state index is 11.9. The Balaban J connectivity index is 3.09. The van der Waals surface area contributed by atoms with E-state index in [2.05, 4.69) is 4.99 Å². The molecule has 26 heavy (non-hydrogen) atoms. The predicted molar refractivity (Wildman–Crippen MR) is 89.1 cm³/mol. The molecule has 0 aliphatic rings. The van der Waals surface area contributed by atoms with Gasteiger partial charge in [-0.2, -0.15) is 8.42 Å². The van der Waals surface area contributed by atoms with Crippen LogP contribution in [-0.4, -0.2) is 62.4 Å². The van der Waals surface area contributed by atoms with E-state index in [1.807, 2.05) is 0 Å². The number of nitrogens with zero attached hydrogens (tertiary/aromatic N) is 3. The first-order valence-electron chi connectivity index (χ1n) is 6.80. The first-order valence-corrected chi connectivity index (χ1v) is 8.24. The lowest BCUT2D eigenvalue weighted by Crippen LogP contribution is -2.38. The number of carbonyl (C=O) groups is 1. The van der Waals surface area contributed by atoms with Crippen LogP contribution < -0.4 is 9.47 Å². The zero-order valence-corrected chi connectivity index (χ0v) is 15.1. The van der Waals surface area contributed by atoms with Crippen LogP contribution in [0.2, 0.25) is 0 Å². The van der Waals surface area contributed by atoms with Gasteiger partial charge < -0.3 is 14.2 Å². The van der Waals surface area contributed by atoms with Crippen LogP contribution in [0.25, 0.3) is 0 Å². The second-order valence-corrected chi connectivity index (χ2v) is 6.00. The maximum absolute atomic E-state index is 11.9. The van der Waals surface area contributed by atoms with Crippen LogP contribution in [-0.2, 0) is 21.5 Å². The topological polar surface area (TPSA) is 158 Å². The van der Waals surface area contributed by atoms with E-state index in [-0.39, 0.29) is 17.1 Å². The number of benzene rings is 1. The molecule has 0 radical (unpaired) electrons. The second kappa shape index (κ2) is 8.44. The van der Waals surface area contributed by atoms with Gasteiger partial charge in [0.05, 0.1) is 30.8 Å². The minimum Gasteiger partial charge on any atom is -0.493 e. The third-order valence-electron chi connectivity index (χ3n) is 3.12. The van der Waals surface area contributed by atoms with E-state index in [4.69, 9.17) is 18.8 Å². The molecular weight excluding hydrogens is 374 g/mol. The van der Waals surface area contributed by atoms with E-state index in [0.29, 0.717) is 4.90 Å². The van der Waals surface area contributed by atoms with E-state index < -0.39 is 38.6 Å². The molecule has 1 N–H and O–H groups in total. The van der Waals surface area contributed by atoms with Crippen molar-refractivity contribution in [3.63, 3.8) is 0 Å². The number of methoxy groups -OCH3 is 2. The monoisotopic (exact) mass is 391 g/mol. The minimum absolute atomic E-state index is 0.0174. The molecule has 12 nitrogen and oxygen atoms in total. The summed E-state index contributed by atoms with van der Waals surface area (Å²) >= 11 is 0. The number of amidine groups is 1. The molecule has 0 heterocycles. The van der Waals surface area contributed by atoms with Crippen molar-refractivity contribution in [2.75, 3.05) is 28.3 Å². The summed E-state index contributed by atoms with van der Waals surface area (Å²) in [6, 6.07) is 2.35. The number of nitro benzene ring substituents is 1. The molecule has 1 rings (SSSR count). The van der Waals surface area contributed by atoms with Gasteiger partial charge in [0.25, 0.3) is 10.9 Å². The summed E-state index contributed by atoms with van der Waals surface area (Å²) in [4.78, 5) is 26.2. The number of hydrogen-bond acceptors (Lipinski definition) is 9. The lowest BCUT2D eigenvalue weighted by molar-refractivity contribution is -0.385. The maximum Gasteiger partial charge on any atom is 0.416 e. The molecule has 0 spiro atoms. The Hall–Kier alpha value is -2.93. The summed E-state index contributed by atoms with van der Waals surface area (Å²) in [5.41, 5.74) is -0.409. The molecule has 1 aromatic rings. The van der Waals surface area contributed by atoms with Crippen molar-refractivity contribution in [2.24, 2.45) is 4.99 Å². The van der Waals surface area contributed by atoms with Crippen LogP contribution in [0.15, 0.2) is 17.1 Å². The molecule has 0 fully saturated rings. The fraction of sp³-hybridized carbons (Fsp3) is 0.385. The molecule has 0 aromatic heterocycles. The van der Waals surface area contributed by atoms with Gasteiger partial charge in [0.15, 0.2) is 11.5 Å². The van der Waals surface area contributed by atoms with Gasteiger partial charge in [0.2, 0.25) is 0 Å². The van der Waals surface area contributed by atoms with E-state index in [1.54, 1.807) is 0 Å². The number of carbonyl (C=O) groups excluding carboxylic acids is 1. The van der Waals surface area contributed by atoms with Gasteiger partial charge in [0.1, 0.15) is 6.61 Å². The highest BCUT2D eigenvalue weighted by Gasteiger charge is 2.27. The van der Waals surface area contributed by atoms with Crippen molar-refractivity contribution in [1.82, 2.24) is 4.90 Å². The quantitative estimate of drug-likeness (QED) is 0.254. The molecule has 0 saturated heterocycles. The van der Waals surface area contributed by atoms with Crippen LogP contribution >= 0.6 is 0 Å². The average molecular weight is 391 g/mol. The number of aliphatic imine (C=N–C) groups is 1. The smallest absolute Gasteiger partial charge is 0.416 e. The van der Waals surface area contributed by atoms with E-state index in [9.17, 15) is 23.3 Å². The van der Waals surface area contributed by atoms with Crippen LogP contribution in [0.4, 0.5) is 10.5 Å². The van der Waals surface area contributed by atoms with Gasteiger partial charge in [-0.3, -0.25) is 24.6 Å². The highest BCUT2D eigenvalue weighted by molar-refractivity contribution is 8.01. The van der Waals surface area contributed by atoms with Crippen LogP contribution in [0.1, 0.15) is 5.56 Å². The minimum atomic E-state index is -4.75. The zero-order valence-electron chi connectivity index (χ0n) is 14.3. The number of amides is 1. The Morgan fingerprint density at radius 2 is 1.85 bits per heavy atom. The molecule has 0 bridgehead atoms. The standard InChI is InChI=1S/C13H17N3O9S/c1-14-12(26(20,21)22)15(2)13(17)25-7-8-5-10(23-3)11(24-4)6-9(8)16(18)19/h5-6H,7H2,1-4H3,(H,20,21,22). The normalized spacial score (nSPS) is 11.7. The van der Waals surface area contributed by atoms with E-state index in [0.717, 1.165) is 20.2 Å². The summed E-state index contributed by atoms with van der Waals surface area (Å²) in [5.74, 6) is 0.282. The fourth-order valence-electron chi connectivity index (χ4n) is 1.95. The van der Waals surface area contributed by atoms with Gasteiger partial charge in [-0.25, -0.2) is 4.79 Å². The van der Waals surface area contributed by atoms with Crippen molar-refractivity contribution < 1.29 is 36.9 Å². The molecule has 1 aromatic carbocycles. The summed E-state index contributed by atoms with van der Waals surface area (Å²) in [6.07, 6.45) is -1.20. The Bertz CT molecular complexity index is 836. The van der Waals surface area contributed by atoms with Gasteiger partial charge in [-0.1, -0.05) is 0 Å². The number of ether oxygens (including phenoxy) is 3. The lowest BCUT2D eigenvalue weighted by atomic mass is 10.1. The summed E-state index contributed by atoms with van der Waals surface area (Å²) in [7, 11) is -0.0785. The van der Waals surface area contributed by atoms with Crippen molar-refractivity contribution in [3.05, 3.63) is 27.8 Å². The van der Waals surface area contributed by atoms with Gasteiger partial charge in [0, 0.05) is 14.1 Å². The Labute approximate surface area is 148 Å². The Kier molecular flexibility index (Phi) is 6.85. The van der Waals surface area contributed by atoms with E-state index in [1.165, 1.54) is 20.3 Å². The number of rotatable bonds is 5. The molecule has 144 valence electrons. The molecule has 0 atom stereocenters. The molecule has 13 heteroatoms. The first kappa shape index (κ1) is 21.1. The third-order valence-corrected chi connectivity index (χ3v) is 4.03. The SMILES string of the molecule is CN=C(N(C)C(=O)OCc1cc(OC)c(OC)cc1[N+](=O)[O-])S(=O)(=O)O. The van der Waals surface area contributed by atoms with Crippen LogP contribution in [0.3, 0.4) is 0 Å². The molecular formula is C13H17N3O9S. The Morgan fingerprint density at radius 1 is 1.31 bits per heavy atom. The molecule has 0 aliphatic heterocycles. The van der Waals surface area contributed by atoms with Crippen molar-refractivity contribution in [2.45, 2.75) is 6.61 Å². The zero-order chi connectivity index (χ0) is 20.1. The van der Waals surface area contributed by atoms with E-state index >= 15 is 0 Å². The Morgan fingerprint density at radius 3 is 2.27 bits per heavy atom. The lowest BCUT2D eigenvalue weighted by Gasteiger charge is -2.17. The summed E-state index contributed by atoms with van der Waals surface area (Å²) < 4.78 is 46.1. The predicted octanol–water partition coefficient (Wildman–Crippen LogP) is 1.05. The van der Waals surface area contributed by atoms with Gasteiger partial charge in [-0.05, 0) is 6.07 Å². The highest BCUT2D eigenvalue weighted by atomic mass is 32.2. The van der Waals surface area contributed by atoms with Crippen molar-refractivity contribution in [3.8, 4) is 11.5 Å². The largest absolute Gasteiger partial charge is 0.493 e. The van der Waals surface area contributed by atoms with Crippen molar-refractivity contribution >= 4 is 27.1 Å². The van der Waals surface area contributed by atoms with Gasteiger partial charge >= 0.3 is 16.2 Å². The number of nitro groups is 1. The van der Waals surface area contributed by atoms with Crippen molar-refractivity contribution in [1.29, 1.82) is 0 Å². The molecule has 0 unspecified atom stereocenters. The highest BCUT2D eigenvalue weighted by Crippen LogP contribution is 2.34. The third kappa shape index (κ3) is 4.80. The molecule has 0 aliphatic carbocycles. The summed E-state index contributed by atoms with van der Waals surface area (Å²) in [5, 5.41) is 10.2. The van der Waals surface area contributed by atoms with Gasteiger partial charge in [-0.15, -0.1) is 0 Å². The number of hydrogen-bond donors (Lipinski definition) is 1. The molecule has 1 amide bonds. The average Bonchev–Trinajstić information content (AvgIpc) is 2.57. The first-order chi connectivity index (χ1) is 12.1. The van der Waals surface area contributed by atoms with Crippen LogP contribution in [0, 0.1) is 10.1 Å². The van der Waals surface area contributed by atoms with Crippen LogP contribution in [0.5, 0.6) is 11.5 Å². The fourth-order valence-corrected chi connectivity index (χ4v) is 2.60. The molecule has 0 saturated carbocycles.